The van der Waals surface area contributed by atoms with E-state index in [1.807, 2.05) is 0 Å². The van der Waals surface area contributed by atoms with Crippen LogP contribution >= 0.6 is 8.38 Å². The highest BCUT2D eigenvalue weighted by molar-refractivity contribution is 7.56. The fourth-order valence-electron chi connectivity index (χ4n) is 6.36. The molecule has 0 bridgehead atoms. The van der Waals surface area contributed by atoms with Crippen molar-refractivity contribution in [2.45, 2.75) is 91.5 Å². The van der Waals surface area contributed by atoms with Crippen molar-refractivity contribution in [2.24, 2.45) is 5.73 Å². The first-order valence-electron chi connectivity index (χ1n) is 16.8. The van der Waals surface area contributed by atoms with Crippen LogP contribution in [0.25, 0.3) is 0 Å². The van der Waals surface area contributed by atoms with Crippen LogP contribution in [-0.2, 0) is 45.9 Å². The molecule has 2 N–H and O–H groups in total. The Morgan fingerprint density at radius 1 is 0.778 bits per heavy atom. The van der Waals surface area contributed by atoms with Crippen molar-refractivity contribution in [2.75, 3.05) is 13.2 Å². The predicted octanol–water partition coefficient (Wildman–Crippen LogP) is 8.63. The van der Waals surface area contributed by atoms with Crippen LogP contribution in [0, 0.1) is 0 Å². The van der Waals surface area contributed by atoms with Crippen LogP contribution in [0.1, 0.15) is 98.6 Å². The molecule has 0 spiro atoms. The van der Waals surface area contributed by atoms with E-state index in [0.29, 0.717) is 19.6 Å². The van der Waals surface area contributed by atoms with Gasteiger partial charge in [-0.2, -0.15) is 0 Å². The number of aromatic nitrogens is 1. The lowest BCUT2D eigenvalue weighted by Crippen LogP contribution is -2.18. The first-order chi connectivity index (χ1) is 22.0. The number of aryl methyl sites for hydroxylation is 1. The molecule has 1 unspecified atom stereocenters. The van der Waals surface area contributed by atoms with Crippen LogP contribution in [0.5, 0.6) is 0 Å². The van der Waals surface area contributed by atoms with E-state index in [9.17, 15) is 4.79 Å². The molecule has 0 aliphatic rings. The van der Waals surface area contributed by atoms with Crippen LogP contribution in [0.4, 0.5) is 0 Å². The lowest BCUT2D eigenvalue weighted by Gasteiger charge is -2.26. The molecule has 1 amide bonds. The second-order valence-corrected chi connectivity index (χ2v) is 13.1. The first kappa shape index (κ1) is 34.6. The Morgan fingerprint density at radius 3 is 1.96 bits per heavy atom. The quantitative estimate of drug-likeness (QED) is 0.106. The average molecular weight is 627 g/mol. The third-order valence-electron chi connectivity index (χ3n) is 8.33. The summed E-state index contributed by atoms with van der Waals surface area (Å²) in [5.74, 6) is -0.292. The Hall–Kier alpha value is -3.24. The van der Waals surface area contributed by atoms with Crippen LogP contribution < -0.4 is 11.0 Å². The summed E-state index contributed by atoms with van der Waals surface area (Å²) in [5.41, 5.74) is 14.6. The van der Waals surface area contributed by atoms with Gasteiger partial charge in [-0.15, -0.1) is 0 Å². The second-order valence-electron chi connectivity index (χ2n) is 11.6. The van der Waals surface area contributed by atoms with Gasteiger partial charge in [-0.05, 0) is 78.8 Å². The Labute approximate surface area is 272 Å². The summed E-state index contributed by atoms with van der Waals surface area (Å²) in [7, 11) is -1.21. The summed E-state index contributed by atoms with van der Waals surface area (Å²) < 4.78 is 15.2. The number of primary amides is 1. The third-order valence-corrected chi connectivity index (χ3v) is 9.99. The molecule has 1 atom stereocenters. The lowest BCUT2D eigenvalue weighted by atomic mass is 9.96. The molecule has 0 aliphatic carbocycles. The molecular formula is C39H51N2O3P. The highest BCUT2D eigenvalue weighted by atomic mass is 31.2. The summed E-state index contributed by atoms with van der Waals surface area (Å²) in [4.78, 5) is 12.6. The molecule has 3 aromatic carbocycles. The van der Waals surface area contributed by atoms with E-state index in [0.717, 1.165) is 55.8 Å². The molecule has 45 heavy (non-hydrogen) atoms. The minimum absolute atomic E-state index is 0.160. The van der Waals surface area contributed by atoms with Crippen molar-refractivity contribution in [1.82, 2.24) is 4.57 Å². The highest BCUT2D eigenvalue weighted by Crippen LogP contribution is 2.41. The average Bonchev–Trinajstić information content (AvgIpc) is 3.35. The van der Waals surface area contributed by atoms with Gasteiger partial charge in [-0.3, -0.25) is 4.79 Å². The molecule has 0 saturated carbocycles. The van der Waals surface area contributed by atoms with Gasteiger partial charge in [0.25, 0.3) is 0 Å². The van der Waals surface area contributed by atoms with Gasteiger partial charge in [0.05, 0.1) is 25.7 Å². The number of hydrogen-bond donors (Lipinski definition) is 1. The van der Waals surface area contributed by atoms with Crippen molar-refractivity contribution in [3.05, 3.63) is 124 Å². The van der Waals surface area contributed by atoms with E-state index >= 15 is 0 Å². The smallest absolute Gasteiger partial charge is 0.221 e. The molecule has 1 aromatic heterocycles. The number of carbonyl (C=O) groups excluding carboxylic acids is 1. The maximum absolute atomic E-state index is 12.6. The number of amides is 1. The number of carbonyl (C=O) groups is 1. The van der Waals surface area contributed by atoms with Gasteiger partial charge in [0, 0.05) is 23.1 Å². The van der Waals surface area contributed by atoms with Crippen LogP contribution in [0.2, 0.25) is 0 Å². The van der Waals surface area contributed by atoms with E-state index < -0.39 is 8.38 Å². The summed E-state index contributed by atoms with van der Waals surface area (Å²) in [5, 5.41) is 1.12. The fraction of sp³-hybridized carbons (Fsp3) is 0.410. The van der Waals surface area contributed by atoms with E-state index in [4.69, 9.17) is 14.8 Å². The SMILES string of the molecule is CCCOP(OCCC)c1ccccc1Cc1c(CC(N)=O)c(CC)n(C(CCCc2ccccc2)c2ccccc2)c1CC. The second kappa shape index (κ2) is 18.0. The molecule has 240 valence electrons. The standard InChI is InChI=1S/C39H51N2O3P/c1-5-26-43-45(44-27-6-2)38-25-16-15-23-32(38)28-33-34(29-39(40)42)36(8-4)41(35(33)7-3)37(31-21-13-10-14-22-31)24-17-20-30-18-11-9-12-19-30/h9-16,18-19,21-23,25,37H,5-8,17,20,24,26-29H2,1-4H3,(H2,40,42). The Bertz CT molecular complexity index is 1460. The maximum Gasteiger partial charge on any atom is 0.221 e. The van der Waals surface area contributed by atoms with E-state index in [1.165, 1.54) is 33.6 Å². The normalized spacial score (nSPS) is 12.1. The highest BCUT2D eigenvalue weighted by Gasteiger charge is 2.28. The van der Waals surface area contributed by atoms with Gasteiger partial charge >= 0.3 is 0 Å². The van der Waals surface area contributed by atoms with E-state index in [2.05, 4.69) is 117 Å². The Morgan fingerprint density at radius 2 is 1.36 bits per heavy atom. The lowest BCUT2D eigenvalue weighted by molar-refractivity contribution is -0.117. The molecule has 4 aromatic rings. The number of rotatable bonds is 19. The maximum atomic E-state index is 12.6. The molecular weight excluding hydrogens is 575 g/mol. The minimum Gasteiger partial charge on any atom is -0.369 e. The van der Waals surface area contributed by atoms with Crippen LogP contribution in [0.15, 0.2) is 84.9 Å². The van der Waals surface area contributed by atoms with Gasteiger partial charge in [0.15, 0.2) is 0 Å². The van der Waals surface area contributed by atoms with Crippen LogP contribution in [-0.4, -0.2) is 23.7 Å². The third kappa shape index (κ3) is 9.16. The van der Waals surface area contributed by atoms with Gasteiger partial charge in [-0.25, -0.2) is 0 Å². The Balaban J connectivity index is 1.82. The van der Waals surface area contributed by atoms with E-state index in [-0.39, 0.29) is 18.4 Å². The molecule has 0 aliphatic heterocycles. The zero-order chi connectivity index (χ0) is 32.0. The number of nitrogens with two attached hydrogens (primary N) is 1. The summed E-state index contributed by atoms with van der Waals surface area (Å²) in [6, 6.07) is 30.3. The van der Waals surface area contributed by atoms with Crippen LogP contribution in [0.3, 0.4) is 0 Å². The predicted molar refractivity (Wildman–Crippen MR) is 188 cm³/mol. The van der Waals surface area contributed by atoms with Crippen molar-refractivity contribution >= 4 is 19.6 Å². The topological polar surface area (TPSA) is 66.5 Å². The van der Waals surface area contributed by atoms with Gasteiger partial charge in [0.2, 0.25) is 14.3 Å². The van der Waals surface area contributed by atoms with E-state index in [1.54, 1.807) is 0 Å². The van der Waals surface area contributed by atoms with Gasteiger partial charge < -0.3 is 19.3 Å². The number of nitrogens with zero attached hydrogens (tertiary/aromatic N) is 1. The minimum atomic E-state index is -1.21. The monoisotopic (exact) mass is 626 g/mol. The summed E-state index contributed by atoms with van der Waals surface area (Å²) in [6.07, 6.45) is 7.59. The summed E-state index contributed by atoms with van der Waals surface area (Å²) >= 11 is 0. The molecule has 4 rings (SSSR count). The number of hydrogen-bond acceptors (Lipinski definition) is 3. The molecule has 0 radical (unpaired) electrons. The summed E-state index contributed by atoms with van der Waals surface area (Å²) in [6.45, 7) is 10.0. The number of benzene rings is 3. The van der Waals surface area contributed by atoms with Crippen molar-refractivity contribution in [3.63, 3.8) is 0 Å². The van der Waals surface area contributed by atoms with Crippen molar-refractivity contribution in [3.8, 4) is 0 Å². The fourth-order valence-corrected chi connectivity index (χ4v) is 8.00. The largest absolute Gasteiger partial charge is 0.369 e. The molecule has 0 fully saturated rings. The van der Waals surface area contributed by atoms with Crippen molar-refractivity contribution in [1.29, 1.82) is 0 Å². The van der Waals surface area contributed by atoms with Crippen molar-refractivity contribution < 1.29 is 13.8 Å². The molecule has 1 heterocycles. The van der Waals surface area contributed by atoms with Gasteiger partial charge in [0.1, 0.15) is 0 Å². The molecule has 6 heteroatoms. The molecule has 0 saturated heterocycles. The zero-order valence-electron chi connectivity index (χ0n) is 27.6. The molecule has 5 nitrogen and oxygen atoms in total. The first-order valence-corrected chi connectivity index (χ1v) is 17.9. The Kier molecular flexibility index (Phi) is 13.9. The van der Waals surface area contributed by atoms with Gasteiger partial charge in [-0.1, -0.05) is 107 Å². The zero-order valence-corrected chi connectivity index (χ0v) is 28.5.